The molecule has 0 radical (unpaired) electrons. The number of rotatable bonds is 11. The molecule has 1 saturated heterocycles. The van der Waals surface area contributed by atoms with Crippen LogP contribution >= 0.6 is 11.8 Å². The SMILES string of the molecule is CCC[C@@H]1CC[C@H](C(=O)N[C@@H](C2O[C@H](SC[C@H](NC(C)=O)C(C)=O)C(O)[C@@H](O)[C@H]2O)[C@@H](C)O)C1. The van der Waals surface area contributed by atoms with Gasteiger partial charge in [-0.25, -0.2) is 0 Å². The van der Waals surface area contributed by atoms with Crippen molar-refractivity contribution in [2.45, 2.75) is 108 Å². The normalized spacial score (nSPS) is 34.2. The number of ether oxygens (including phenoxy) is 1. The van der Waals surface area contributed by atoms with Crippen LogP contribution in [0.3, 0.4) is 0 Å². The Morgan fingerprint density at radius 3 is 2.29 bits per heavy atom. The number of carbonyl (C=O) groups is 3. The van der Waals surface area contributed by atoms with Crippen molar-refractivity contribution in [2.24, 2.45) is 11.8 Å². The molecular weight excluding hydrogens is 464 g/mol. The van der Waals surface area contributed by atoms with Gasteiger partial charge >= 0.3 is 0 Å². The molecule has 2 amide bonds. The summed E-state index contributed by atoms with van der Waals surface area (Å²) in [6.45, 7) is 6.18. The number of thioether (sulfide) groups is 1. The first kappa shape index (κ1) is 29.0. The van der Waals surface area contributed by atoms with Crippen molar-refractivity contribution in [3.05, 3.63) is 0 Å². The highest BCUT2D eigenvalue weighted by Crippen LogP contribution is 2.35. The van der Waals surface area contributed by atoms with E-state index < -0.39 is 48.0 Å². The summed E-state index contributed by atoms with van der Waals surface area (Å²) in [6.07, 6.45) is -2.28. The van der Waals surface area contributed by atoms with Crippen LogP contribution in [0.15, 0.2) is 0 Å². The summed E-state index contributed by atoms with van der Waals surface area (Å²) in [5.41, 5.74) is -1.06. The zero-order valence-electron chi connectivity index (χ0n) is 20.3. The molecule has 196 valence electrons. The Morgan fingerprint density at radius 2 is 1.74 bits per heavy atom. The van der Waals surface area contributed by atoms with Crippen molar-refractivity contribution >= 4 is 29.4 Å². The summed E-state index contributed by atoms with van der Waals surface area (Å²) in [5, 5.41) is 47.2. The maximum absolute atomic E-state index is 12.9. The molecule has 0 aromatic rings. The molecule has 1 saturated carbocycles. The lowest BCUT2D eigenvalue weighted by Gasteiger charge is -2.44. The minimum atomic E-state index is -1.59. The molecule has 1 aliphatic heterocycles. The lowest BCUT2D eigenvalue weighted by molar-refractivity contribution is -0.211. The number of aliphatic hydroxyl groups excluding tert-OH is 4. The zero-order valence-corrected chi connectivity index (χ0v) is 21.2. The summed E-state index contributed by atoms with van der Waals surface area (Å²) >= 11 is 0.999. The van der Waals surface area contributed by atoms with E-state index in [1.807, 2.05) is 0 Å². The van der Waals surface area contributed by atoms with Gasteiger partial charge in [-0.15, -0.1) is 11.8 Å². The van der Waals surface area contributed by atoms with Gasteiger partial charge in [-0.2, -0.15) is 0 Å². The number of hydrogen-bond acceptors (Lipinski definition) is 9. The van der Waals surface area contributed by atoms with E-state index in [-0.39, 0.29) is 29.3 Å². The molecule has 1 heterocycles. The number of ketones is 1. The highest BCUT2D eigenvalue weighted by Gasteiger charge is 2.48. The van der Waals surface area contributed by atoms with Crippen LogP contribution in [0.2, 0.25) is 0 Å². The van der Waals surface area contributed by atoms with Crippen LogP contribution in [0.25, 0.3) is 0 Å². The van der Waals surface area contributed by atoms with Crippen LogP contribution in [0.1, 0.15) is 59.8 Å². The maximum atomic E-state index is 12.9. The van der Waals surface area contributed by atoms with Crippen LogP contribution in [-0.2, 0) is 19.1 Å². The lowest BCUT2D eigenvalue weighted by Crippen LogP contribution is -2.65. The van der Waals surface area contributed by atoms with Crippen molar-refractivity contribution in [3.8, 4) is 0 Å². The van der Waals surface area contributed by atoms with Gasteiger partial charge in [0, 0.05) is 18.6 Å². The Kier molecular flexibility index (Phi) is 11.2. The topological polar surface area (TPSA) is 165 Å². The molecular formula is C23H40N2O8S. The fourth-order valence-electron chi connectivity index (χ4n) is 4.75. The zero-order chi connectivity index (χ0) is 25.6. The monoisotopic (exact) mass is 504 g/mol. The third kappa shape index (κ3) is 7.63. The van der Waals surface area contributed by atoms with Crippen molar-refractivity contribution < 1.29 is 39.5 Å². The summed E-state index contributed by atoms with van der Waals surface area (Å²) in [4.78, 5) is 36.1. The van der Waals surface area contributed by atoms with E-state index in [2.05, 4.69) is 17.6 Å². The largest absolute Gasteiger partial charge is 0.391 e. The van der Waals surface area contributed by atoms with E-state index in [4.69, 9.17) is 4.74 Å². The van der Waals surface area contributed by atoms with Gasteiger partial charge in [0.25, 0.3) is 0 Å². The maximum Gasteiger partial charge on any atom is 0.223 e. The first-order chi connectivity index (χ1) is 16.0. The standard InChI is InChI=1S/C23H40N2O8S/c1-5-6-14-7-8-15(9-14)22(32)25-17(12(3)27)21-19(30)18(29)20(31)23(33-21)34-10-16(11(2)26)24-13(4)28/h12,14-21,23,27,29-31H,5-10H2,1-4H3,(H,24,28)(H,25,32)/t12-,14-,15+,16+,17-,18+,19-,20?,21?,23-/m1/s1. The molecule has 0 spiro atoms. The van der Waals surface area contributed by atoms with Gasteiger partial charge in [-0.1, -0.05) is 19.8 Å². The van der Waals surface area contributed by atoms with Crippen molar-refractivity contribution in [1.29, 1.82) is 0 Å². The third-order valence-electron chi connectivity index (χ3n) is 6.69. The van der Waals surface area contributed by atoms with Gasteiger partial charge in [0.1, 0.15) is 29.9 Å². The molecule has 11 heteroatoms. The average Bonchev–Trinajstić information content (AvgIpc) is 3.23. The molecule has 10 atom stereocenters. The van der Waals surface area contributed by atoms with Crippen LogP contribution < -0.4 is 10.6 Å². The molecule has 2 unspecified atom stereocenters. The van der Waals surface area contributed by atoms with Gasteiger partial charge in [-0.3, -0.25) is 14.4 Å². The van der Waals surface area contributed by atoms with Crippen molar-refractivity contribution in [3.63, 3.8) is 0 Å². The molecule has 2 fully saturated rings. The number of aliphatic hydroxyl groups is 4. The second kappa shape index (κ2) is 13.2. The number of nitrogens with one attached hydrogen (secondary N) is 2. The highest BCUT2D eigenvalue weighted by molar-refractivity contribution is 7.99. The highest BCUT2D eigenvalue weighted by atomic mass is 32.2. The molecule has 0 bridgehead atoms. The van der Waals surface area contributed by atoms with Crippen molar-refractivity contribution in [2.75, 3.05) is 5.75 Å². The van der Waals surface area contributed by atoms with E-state index in [9.17, 15) is 34.8 Å². The van der Waals surface area contributed by atoms with E-state index in [0.29, 0.717) is 5.92 Å². The van der Waals surface area contributed by atoms with Crippen LogP contribution in [0, 0.1) is 11.8 Å². The lowest BCUT2D eigenvalue weighted by atomic mass is 9.91. The molecule has 6 N–H and O–H groups in total. The second-order valence-electron chi connectivity index (χ2n) is 9.58. The summed E-state index contributed by atoms with van der Waals surface area (Å²) in [5.74, 6) is -0.515. The predicted molar refractivity (Wildman–Crippen MR) is 127 cm³/mol. The van der Waals surface area contributed by atoms with Gasteiger partial charge in [-0.05, 0) is 39.0 Å². The van der Waals surface area contributed by atoms with E-state index in [1.54, 1.807) is 0 Å². The van der Waals surface area contributed by atoms with Crippen LogP contribution in [0.4, 0.5) is 0 Å². The molecule has 0 aromatic carbocycles. The Bertz CT molecular complexity index is 708. The molecule has 1 aliphatic carbocycles. The average molecular weight is 505 g/mol. The second-order valence-corrected chi connectivity index (χ2v) is 10.7. The van der Waals surface area contributed by atoms with E-state index in [0.717, 1.165) is 43.9 Å². The van der Waals surface area contributed by atoms with Crippen LogP contribution in [-0.4, -0.2) is 91.8 Å². The molecule has 34 heavy (non-hydrogen) atoms. The molecule has 2 aliphatic rings. The van der Waals surface area contributed by atoms with E-state index >= 15 is 0 Å². The van der Waals surface area contributed by atoms with Gasteiger partial charge in [0.2, 0.25) is 11.8 Å². The third-order valence-corrected chi connectivity index (χ3v) is 7.94. The smallest absolute Gasteiger partial charge is 0.223 e. The Balaban J connectivity index is 2.09. The van der Waals surface area contributed by atoms with Crippen molar-refractivity contribution in [1.82, 2.24) is 10.6 Å². The first-order valence-electron chi connectivity index (χ1n) is 12.0. The Morgan fingerprint density at radius 1 is 1.06 bits per heavy atom. The van der Waals surface area contributed by atoms with E-state index in [1.165, 1.54) is 20.8 Å². The Hall–Kier alpha value is -1.24. The Labute approximate surface area is 205 Å². The summed E-state index contributed by atoms with van der Waals surface area (Å²) in [7, 11) is 0. The quantitative estimate of drug-likeness (QED) is 0.222. The summed E-state index contributed by atoms with van der Waals surface area (Å²) in [6, 6.07) is -1.83. The minimum Gasteiger partial charge on any atom is -0.391 e. The molecule has 2 rings (SSSR count). The number of Topliss-reactive ketones (excluding diaryl/α,β-unsaturated/α-hetero) is 1. The van der Waals surface area contributed by atoms with Gasteiger partial charge < -0.3 is 35.8 Å². The van der Waals surface area contributed by atoms with Gasteiger partial charge in [0.05, 0.1) is 18.2 Å². The number of hydrogen-bond donors (Lipinski definition) is 6. The fraction of sp³-hybridized carbons (Fsp3) is 0.870. The molecule has 0 aromatic heterocycles. The van der Waals surface area contributed by atoms with Crippen LogP contribution in [0.5, 0.6) is 0 Å². The minimum absolute atomic E-state index is 0.0682. The molecule has 10 nitrogen and oxygen atoms in total. The first-order valence-corrected chi connectivity index (χ1v) is 13.1. The number of amides is 2. The predicted octanol–water partition coefficient (Wildman–Crippen LogP) is -0.297. The van der Waals surface area contributed by atoms with Gasteiger partial charge in [0.15, 0.2) is 5.78 Å². The fourth-order valence-corrected chi connectivity index (χ4v) is 6.01. The summed E-state index contributed by atoms with van der Waals surface area (Å²) < 4.78 is 5.87. The number of carbonyl (C=O) groups excluding carboxylic acids is 3.